The quantitative estimate of drug-likeness (QED) is 0.605. The molecule has 2 aromatic heterocycles. The summed E-state index contributed by atoms with van der Waals surface area (Å²) >= 11 is 15.0. The van der Waals surface area contributed by atoms with Crippen LogP contribution in [0.3, 0.4) is 0 Å². The highest BCUT2D eigenvalue weighted by atomic mass is 79.9. The summed E-state index contributed by atoms with van der Waals surface area (Å²) in [5.74, 6) is 0.866. The van der Waals surface area contributed by atoms with E-state index in [1.165, 1.54) is 6.07 Å². The third-order valence-corrected chi connectivity index (χ3v) is 4.02. The number of halogens is 4. The number of hydrogen-bond acceptors (Lipinski definition) is 2. The highest BCUT2D eigenvalue weighted by Crippen LogP contribution is 2.26. The van der Waals surface area contributed by atoms with Crippen LogP contribution in [0.1, 0.15) is 5.82 Å². The molecule has 0 bridgehead atoms. The number of nitrogens with zero attached hydrogens (tertiary/aromatic N) is 3. The first-order valence-electron chi connectivity index (χ1n) is 6.14. The van der Waals surface area contributed by atoms with E-state index in [0.29, 0.717) is 33.0 Å². The fraction of sp³-hybridized carbons (Fsp3) is 0.143. The minimum Gasteiger partial charge on any atom is -0.281 e. The number of aromatic nitrogens is 3. The van der Waals surface area contributed by atoms with Gasteiger partial charge in [-0.15, -0.1) is 11.6 Å². The summed E-state index contributed by atoms with van der Waals surface area (Å²) in [5.41, 5.74) is 2.11. The largest absolute Gasteiger partial charge is 0.281 e. The lowest BCUT2D eigenvalue weighted by Crippen LogP contribution is -2.03. The van der Waals surface area contributed by atoms with Gasteiger partial charge in [0, 0.05) is 18.5 Å². The van der Waals surface area contributed by atoms with E-state index in [-0.39, 0.29) is 5.82 Å². The molecular formula is C14H9BrCl2FN3. The zero-order valence-electron chi connectivity index (χ0n) is 10.7. The van der Waals surface area contributed by atoms with Crippen molar-refractivity contribution in [1.29, 1.82) is 0 Å². The topological polar surface area (TPSA) is 30.7 Å². The number of rotatable bonds is 3. The lowest BCUT2D eigenvalue weighted by molar-refractivity contribution is 0.620. The van der Waals surface area contributed by atoms with Crippen molar-refractivity contribution in [3.8, 4) is 5.69 Å². The van der Waals surface area contributed by atoms with E-state index in [9.17, 15) is 4.39 Å². The van der Waals surface area contributed by atoms with E-state index in [2.05, 4.69) is 25.9 Å². The maximum atomic E-state index is 13.4. The minimum absolute atomic E-state index is 0.321. The Kier molecular flexibility index (Phi) is 4.15. The highest BCUT2D eigenvalue weighted by molar-refractivity contribution is 9.10. The zero-order valence-corrected chi connectivity index (χ0v) is 13.8. The Bertz CT molecular complexity index is 819. The molecule has 0 saturated carbocycles. The van der Waals surface area contributed by atoms with Gasteiger partial charge in [0.15, 0.2) is 5.65 Å². The Morgan fingerprint density at radius 1 is 1.29 bits per heavy atom. The first-order valence-corrected chi connectivity index (χ1v) is 7.85. The number of alkyl halides is 1. The van der Waals surface area contributed by atoms with E-state index in [4.69, 9.17) is 23.2 Å². The Morgan fingerprint density at radius 3 is 2.81 bits per heavy atom. The Balaban J connectivity index is 2.27. The first kappa shape index (κ1) is 14.8. The highest BCUT2D eigenvalue weighted by Gasteiger charge is 2.14. The van der Waals surface area contributed by atoms with Crippen molar-refractivity contribution in [2.24, 2.45) is 0 Å². The number of aryl methyl sites for hydroxylation is 1. The number of hydrogen-bond donors (Lipinski definition) is 0. The molecule has 0 unspecified atom stereocenters. The molecule has 0 atom stereocenters. The molecule has 0 saturated heterocycles. The van der Waals surface area contributed by atoms with Crippen molar-refractivity contribution in [1.82, 2.24) is 14.5 Å². The van der Waals surface area contributed by atoms with Gasteiger partial charge in [-0.05, 0) is 40.2 Å². The van der Waals surface area contributed by atoms with Crippen LogP contribution in [0.15, 0.2) is 34.9 Å². The van der Waals surface area contributed by atoms with Crippen molar-refractivity contribution >= 4 is 50.3 Å². The van der Waals surface area contributed by atoms with Gasteiger partial charge in [-0.3, -0.25) is 4.57 Å². The van der Waals surface area contributed by atoms with Crippen LogP contribution >= 0.6 is 39.1 Å². The summed E-state index contributed by atoms with van der Waals surface area (Å²) in [6.07, 6.45) is 2.13. The molecule has 0 aliphatic carbocycles. The van der Waals surface area contributed by atoms with Crippen LogP contribution in [0.25, 0.3) is 16.9 Å². The third kappa shape index (κ3) is 2.78. The molecule has 0 aliphatic heterocycles. The summed E-state index contributed by atoms with van der Waals surface area (Å²) in [4.78, 5) is 8.84. The van der Waals surface area contributed by atoms with Crippen molar-refractivity contribution in [3.63, 3.8) is 0 Å². The molecule has 1 aromatic carbocycles. The van der Waals surface area contributed by atoms with Gasteiger partial charge in [-0.1, -0.05) is 11.6 Å². The standard InChI is InChI=1S/C14H9BrCl2FN3/c15-10-6-9(1-2-11(10)18)21-13(3-4-16)20-12-5-8(17)7-19-14(12)21/h1-2,5-7H,3-4H2. The number of pyridine rings is 1. The normalized spacial score (nSPS) is 11.2. The van der Waals surface area contributed by atoms with Gasteiger partial charge in [0.1, 0.15) is 17.2 Å². The Morgan fingerprint density at radius 2 is 2.10 bits per heavy atom. The average Bonchev–Trinajstić information content (AvgIpc) is 2.79. The molecular weight excluding hydrogens is 380 g/mol. The maximum Gasteiger partial charge on any atom is 0.164 e. The Hall–Kier alpha value is -1.17. The van der Waals surface area contributed by atoms with Crippen molar-refractivity contribution in [2.45, 2.75) is 6.42 Å². The fourth-order valence-electron chi connectivity index (χ4n) is 2.13. The van der Waals surface area contributed by atoms with Gasteiger partial charge in [0.2, 0.25) is 0 Å². The van der Waals surface area contributed by atoms with Crippen LogP contribution in [-0.4, -0.2) is 20.4 Å². The predicted molar refractivity (Wildman–Crippen MR) is 86.0 cm³/mol. The van der Waals surface area contributed by atoms with Gasteiger partial charge >= 0.3 is 0 Å². The van der Waals surface area contributed by atoms with Crippen LogP contribution in [0.4, 0.5) is 4.39 Å². The molecule has 3 rings (SSSR count). The van der Waals surface area contributed by atoms with Gasteiger partial charge in [-0.25, -0.2) is 14.4 Å². The van der Waals surface area contributed by atoms with Crippen molar-refractivity contribution in [3.05, 3.63) is 51.6 Å². The van der Waals surface area contributed by atoms with Crippen LogP contribution in [0, 0.1) is 5.82 Å². The minimum atomic E-state index is -0.321. The second-order valence-electron chi connectivity index (χ2n) is 4.40. The first-order chi connectivity index (χ1) is 10.1. The summed E-state index contributed by atoms with van der Waals surface area (Å²) in [5, 5.41) is 0.518. The lowest BCUT2D eigenvalue weighted by atomic mass is 10.3. The molecule has 0 aliphatic rings. The molecule has 108 valence electrons. The van der Waals surface area contributed by atoms with E-state index < -0.39 is 0 Å². The van der Waals surface area contributed by atoms with E-state index >= 15 is 0 Å². The SMILES string of the molecule is Fc1ccc(-n2c(CCCl)nc3cc(Cl)cnc32)cc1Br. The van der Waals surface area contributed by atoms with Gasteiger partial charge in [-0.2, -0.15) is 0 Å². The monoisotopic (exact) mass is 387 g/mol. The van der Waals surface area contributed by atoms with E-state index in [1.54, 1.807) is 24.4 Å². The second kappa shape index (κ2) is 5.91. The summed E-state index contributed by atoms with van der Waals surface area (Å²) < 4.78 is 15.7. The molecule has 0 N–H and O–H groups in total. The summed E-state index contributed by atoms with van der Waals surface area (Å²) in [7, 11) is 0. The molecule has 0 amide bonds. The molecule has 0 fully saturated rings. The molecule has 21 heavy (non-hydrogen) atoms. The van der Waals surface area contributed by atoms with Gasteiger partial charge in [0.05, 0.1) is 15.2 Å². The maximum absolute atomic E-state index is 13.4. The fourth-order valence-corrected chi connectivity index (χ4v) is 2.82. The zero-order chi connectivity index (χ0) is 15.0. The lowest BCUT2D eigenvalue weighted by Gasteiger charge is -2.08. The van der Waals surface area contributed by atoms with Crippen LogP contribution in [-0.2, 0) is 6.42 Å². The molecule has 3 nitrogen and oxygen atoms in total. The molecule has 0 radical (unpaired) electrons. The summed E-state index contributed by atoms with van der Waals surface area (Å²) in [6, 6.07) is 6.50. The van der Waals surface area contributed by atoms with Crippen LogP contribution in [0.2, 0.25) is 5.02 Å². The van der Waals surface area contributed by atoms with E-state index in [0.717, 1.165) is 11.5 Å². The molecule has 0 spiro atoms. The van der Waals surface area contributed by atoms with Crippen molar-refractivity contribution < 1.29 is 4.39 Å². The smallest absolute Gasteiger partial charge is 0.164 e. The number of benzene rings is 1. The number of imidazole rings is 1. The number of fused-ring (bicyclic) bond motifs is 1. The molecule has 2 heterocycles. The van der Waals surface area contributed by atoms with Crippen LogP contribution in [0.5, 0.6) is 0 Å². The third-order valence-electron chi connectivity index (χ3n) is 3.01. The van der Waals surface area contributed by atoms with Gasteiger partial charge < -0.3 is 0 Å². The average molecular weight is 389 g/mol. The van der Waals surface area contributed by atoms with Gasteiger partial charge in [0.25, 0.3) is 0 Å². The van der Waals surface area contributed by atoms with Crippen molar-refractivity contribution in [2.75, 3.05) is 5.88 Å². The van der Waals surface area contributed by atoms with E-state index in [1.807, 2.05) is 4.57 Å². The summed E-state index contributed by atoms with van der Waals surface area (Å²) in [6.45, 7) is 0. The Labute approximate surface area is 138 Å². The van der Waals surface area contributed by atoms with Crippen LogP contribution < -0.4 is 0 Å². The molecule has 3 aromatic rings. The second-order valence-corrected chi connectivity index (χ2v) is 6.07. The predicted octanol–water partition coefficient (Wildman–Crippen LogP) is 4.76. The molecule has 7 heteroatoms.